The molecule has 1 atom stereocenters. The number of likely N-dealkylation sites (N-methyl/N-ethyl adjacent to an activating group) is 1. The first-order valence-electron chi connectivity index (χ1n) is 7.34. The number of benzene rings is 1. The van der Waals surface area contributed by atoms with E-state index in [1.165, 1.54) is 0 Å². The summed E-state index contributed by atoms with van der Waals surface area (Å²) >= 11 is 0. The molecule has 2 rings (SSSR count). The summed E-state index contributed by atoms with van der Waals surface area (Å²) in [5, 5.41) is 3.10. The van der Waals surface area contributed by atoms with Gasteiger partial charge in [0.05, 0.1) is 0 Å². The maximum Gasteiger partial charge on any atom is 0.254 e. The van der Waals surface area contributed by atoms with Crippen LogP contribution >= 0.6 is 0 Å². The quantitative estimate of drug-likeness (QED) is 0.918. The highest BCUT2D eigenvalue weighted by atomic mass is 16.2. The van der Waals surface area contributed by atoms with Crippen molar-refractivity contribution >= 4 is 11.6 Å². The highest BCUT2D eigenvalue weighted by molar-refractivity contribution is 5.96. The number of amides is 1. The third-order valence-corrected chi connectivity index (χ3v) is 4.28. The number of aryl methyl sites for hydroxylation is 1. The largest absolute Gasteiger partial charge is 0.388 e. The molecule has 1 unspecified atom stereocenters. The predicted molar refractivity (Wildman–Crippen MR) is 83.3 cm³/mol. The van der Waals surface area contributed by atoms with E-state index in [1.54, 1.807) is 0 Å². The Hall–Kier alpha value is -1.55. The van der Waals surface area contributed by atoms with Gasteiger partial charge in [-0.1, -0.05) is 6.92 Å². The van der Waals surface area contributed by atoms with Crippen LogP contribution in [0.3, 0.4) is 0 Å². The van der Waals surface area contributed by atoms with Gasteiger partial charge in [-0.25, -0.2) is 0 Å². The fraction of sp³-hybridized carbons (Fsp3) is 0.562. The molecule has 1 heterocycles. The molecule has 0 aliphatic carbocycles. The Morgan fingerprint density at radius 2 is 2.15 bits per heavy atom. The van der Waals surface area contributed by atoms with Crippen LogP contribution in [-0.4, -0.2) is 55.5 Å². The van der Waals surface area contributed by atoms with Crippen molar-refractivity contribution in [2.45, 2.75) is 26.3 Å². The van der Waals surface area contributed by atoms with Crippen LogP contribution in [0.5, 0.6) is 0 Å². The molecule has 0 aromatic heterocycles. The molecule has 1 aliphatic heterocycles. The van der Waals surface area contributed by atoms with Crippen LogP contribution in [0.4, 0.5) is 5.69 Å². The van der Waals surface area contributed by atoms with Crippen molar-refractivity contribution in [1.82, 2.24) is 9.80 Å². The molecule has 0 spiro atoms. The first-order chi connectivity index (χ1) is 9.56. The van der Waals surface area contributed by atoms with Gasteiger partial charge in [0.15, 0.2) is 0 Å². The van der Waals surface area contributed by atoms with Crippen molar-refractivity contribution in [3.05, 3.63) is 29.3 Å². The molecule has 0 bridgehead atoms. The van der Waals surface area contributed by atoms with E-state index in [0.717, 1.165) is 42.9 Å². The third kappa shape index (κ3) is 2.96. The van der Waals surface area contributed by atoms with Gasteiger partial charge < -0.3 is 10.2 Å². The summed E-state index contributed by atoms with van der Waals surface area (Å²) in [5.41, 5.74) is 2.90. The molecule has 1 N–H and O–H groups in total. The van der Waals surface area contributed by atoms with Crippen LogP contribution in [0.2, 0.25) is 0 Å². The van der Waals surface area contributed by atoms with E-state index in [0.29, 0.717) is 6.04 Å². The molecule has 1 aliphatic rings. The van der Waals surface area contributed by atoms with Crippen molar-refractivity contribution in [3.8, 4) is 0 Å². The maximum atomic E-state index is 12.7. The van der Waals surface area contributed by atoms with Crippen molar-refractivity contribution < 1.29 is 4.79 Å². The Labute approximate surface area is 121 Å². The molecule has 110 valence electrons. The van der Waals surface area contributed by atoms with Gasteiger partial charge in [-0.05, 0) is 44.2 Å². The summed E-state index contributed by atoms with van der Waals surface area (Å²) in [4.78, 5) is 17.0. The monoisotopic (exact) mass is 275 g/mol. The van der Waals surface area contributed by atoms with Gasteiger partial charge in [-0.3, -0.25) is 9.69 Å². The van der Waals surface area contributed by atoms with Gasteiger partial charge >= 0.3 is 0 Å². The number of carbonyl (C=O) groups excluding carboxylic acids is 1. The fourth-order valence-corrected chi connectivity index (χ4v) is 2.80. The highest BCUT2D eigenvalue weighted by Crippen LogP contribution is 2.19. The normalized spacial score (nSPS) is 20.0. The lowest BCUT2D eigenvalue weighted by atomic mass is 10.0. The van der Waals surface area contributed by atoms with E-state index in [2.05, 4.69) is 24.2 Å². The van der Waals surface area contributed by atoms with Gasteiger partial charge in [-0.2, -0.15) is 0 Å². The zero-order valence-electron chi connectivity index (χ0n) is 12.9. The SMILES string of the molecule is CCC1CN(C(=O)c2ccc(NC)cc2C)CCN1C. The second kappa shape index (κ2) is 6.27. The third-order valence-electron chi connectivity index (χ3n) is 4.28. The minimum absolute atomic E-state index is 0.164. The number of carbonyl (C=O) groups is 1. The van der Waals surface area contributed by atoms with Gasteiger partial charge in [0, 0.05) is 44.0 Å². The number of piperazine rings is 1. The number of anilines is 1. The maximum absolute atomic E-state index is 12.7. The number of hydrogen-bond donors (Lipinski definition) is 1. The van der Waals surface area contributed by atoms with E-state index in [4.69, 9.17) is 0 Å². The van der Waals surface area contributed by atoms with Crippen molar-refractivity contribution in [3.63, 3.8) is 0 Å². The summed E-state index contributed by atoms with van der Waals surface area (Å²) < 4.78 is 0. The molecule has 1 fully saturated rings. The molecule has 1 aromatic carbocycles. The zero-order valence-corrected chi connectivity index (χ0v) is 12.9. The first kappa shape index (κ1) is 14.9. The second-order valence-electron chi connectivity index (χ2n) is 5.57. The Bertz CT molecular complexity index is 487. The molecule has 1 aromatic rings. The second-order valence-corrected chi connectivity index (χ2v) is 5.57. The van der Waals surface area contributed by atoms with Crippen LogP contribution in [-0.2, 0) is 0 Å². The van der Waals surface area contributed by atoms with Crippen LogP contribution in [0, 0.1) is 6.92 Å². The minimum atomic E-state index is 0.164. The summed E-state index contributed by atoms with van der Waals surface area (Å²) in [5.74, 6) is 0.164. The Morgan fingerprint density at radius 1 is 1.40 bits per heavy atom. The van der Waals surface area contributed by atoms with Gasteiger partial charge in [0.1, 0.15) is 0 Å². The van der Waals surface area contributed by atoms with Gasteiger partial charge in [-0.15, -0.1) is 0 Å². The Morgan fingerprint density at radius 3 is 2.75 bits per heavy atom. The van der Waals surface area contributed by atoms with Crippen molar-refractivity contribution in [2.24, 2.45) is 0 Å². The van der Waals surface area contributed by atoms with Gasteiger partial charge in [0.2, 0.25) is 0 Å². The molecule has 1 saturated heterocycles. The number of nitrogens with one attached hydrogen (secondary N) is 1. The summed E-state index contributed by atoms with van der Waals surface area (Å²) in [6.45, 7) is 6.79. The smallest absolute Gasteiger partial charge is 0.254 e. The first-order valence-corrected chi connectivity index (χ1v) is 7.34. The molecule has 0 saturated carbocycles. The van der Waals surface area contributed by atoms with E-state index in [1.807, 2.05) is 37.1 Å². The number of hydrogen-bond acceptors (Lipinski definition) is 3. The van der Waals surface area contributed by atoms with E-state index < -0.39 is 0 Å². The number of nitrogens with zero attached hydrogens (tertiary/aromatic N) is 2. The molecule has 20 heavy (non-hydrogen) atoms. The van der Waals surface area contributed by atoms with Crippen LogP contribution < -0.4 is 5.32 Å². The predicted octanol–water partition coefficient (Wildman–Crippen LogP) is 2.20. The van der Waals surface area contributed by atoms with Crippen molar-refractivity contribution in [1.29, 1.82) is 0 Å². The fourth-order valence-electron chi connectivity index (χ4n) is 2.80. The molecular formula is C16H25N3O. The van der Waals surface area contributed by atoms with Crippen LogP contribution in [0.15, 0.2) is 18.2 Å². The lowest BCUT2D eigenvalue weighted by Crippen LogP contribution is -2.53. The number of rotatable bonds is 3. The average molecular weight is 275 g/mol. The van der Waals surface area contributed by atoms with E-state index >= 15 is 0 Å². The highest BCUT2D eigenvalue weighted by Gasteiger charge is 2.27. The standard InChI is InChI=1S/C16H25N3O/c1-5-14-11-19(9-8-18(14)4)16(20)15-7-6-13(17-3)10-12(15)2/h6-7,10,14,17H,5,8-9,11H2,1-4H3. The van der Waals surface area contributed by atoms with E-state index in [-0.39, 0.29) is 5.91 Å². The molecular weight excluding hydrogens is 250 g/mol. The Balaban J connectivity index is 2.15. The van der Waals surface area contributed by atoms with Gasteiger partial charge in [0.25, 0.3) is 5.91 Å². The van der Waals surface area contributed by atoms with Crippen molar-refractivity contribution in [2.75, 3.05) is 39.0 Å². The van der Waals surface area contributed by atoms with E-state index in [9.17, 15) is 4.79 Å². The molecule has 4 nitrogen and oxygen atoms in total. The summed E-state index contributed by atoms with van der Waals surface area (Å²) in [6, 6.07) is 6.40. The Kier molecular flexibility index (Phi) is 4.65. The lowest BCUT2D eigenvalue weighted by molar-refractivity contribution is 0.0541. The molecule has 0 radical (unpaired) electrons. The summed E-state index contributed by atoms with van der Waals surface area (Å²) in [7, 11) is 4.03. The lowest BCUT2D eigenvalue weighted by Gasteiger charge is -2.39. The zero-order chi connectivity index (χ0) is 14.7. The van der Waals surface area contributed by atoms with Crippen LogP contribution in [0.25, 0.3) is 0 Å². The minimum Gasteiger partial charge on any atom is -0.388 e. The average Bonchev–Trinajstić information content (AvgIpc) is 2.47. The molecule has 1 amide bonds. The topological polar surface area (TPSA) is 35.6 Å². The van der Waals surface area contributed by atoms with Crippen LogP contribution in [0.1, 0.15) is 29.3 Å². The summed E-state index contributed by atoms with van der Waals surface area (Å²) in [6.07, 6.45) is 1.08. The molecule has 4 heteroatoms.